The Morgan fingerprint density at radius 1 is 0.931 bits per heavy atom. The molecule has 0 saturated heterocycles. The van der Waals surface area contributed by atoms with Gasteiger partial charge >= 0.3 is 0 Å². The molecular weight excluding hydrogens is 364 g/mol. The third-order valence-electron chi connectivity index (χ3n) is 4.39. The number of benzene rings is 1. The van der Waals surface area contributed by atoms with Crippen molar-refractivity contribution in [3.05, 3.63) is 78.5 Å². The molecule has 0 atom stereocenters. The highest BCUT2D eigenvalue weighted by atomic mass is 16.1. The first-order valence-corrected chi connectivity index (χ1v) is 9.31. The first-order valence-electron chi connectivity index (χ1n) is 9.31. The molecule has 3 heterocycles. The Morgan fingerprint density at radius 2 is 1.79 bits per heavy atom. The van der Waals surface area contributed by atoms with Crippen molar-refractivity contribution in [2.75, 3.05) is 10.6 Å². The minimum absolute atomic E-state index is 0.263. The van der Waals surface area contributed by atoms with Gasteiger partial charge < -0.3 is 10.6 Å². The molecule has 0 saturated carbocycles. The fraction of sp³-hybridized carbons (Fsp3) is 0.136. The lowest BCUT2D eigenvalue weighted by Crippen LogP contribution is -2.13. The van der Waals surface area contributed by atoms with E-state index < -0.39 is 0 Å². The topological polar surface area (TPSA) is 92.7 Å². The standard InChI is InChI=1S/C22H20N6O/c1-14(2)18-10-9-17-20(24-13-25-21(17)28-18)26-15-6-5-7-16(12-15)27-22(29)19-8-3-4-11-23-19/h3-14H,1-2H3,(H,27,29)(H,24,25,26,28). The van der Waals surface area contributed by atoms with Gasteiger partial charge in [0.1, 0.15) is 17.8 Å². The minimum Gasteiger partial charge on any atom is -0.340 e. The van der Waals surface area contributed by atoms with E-state index in [0.717, 1.165) is 16.8 Å². The number of pyridine rings is 2. The summed E-state index contributed by atoms with van der Waals surface area (Å²) in [5.41, 5.74) is 3.44. The SMILES string of the molecule is CC(C)c1ccc2c(Nc3cccc(NC(=O)c4ccccn4)c3)ncnc2n1. The molecule has 0 spiro atoms. The summed E-state index contributed by atoms with van der Waals surface area (Å²) in [6.45, 7) is 4.19. The van der Waals surface area contributed by atoms with Crippen LogP contribution >= 0.6 is 0 Å². The number of nitrogens with zero attached hydrogens (tertiary/aromatic N) is 4. The monoisotopic (exact) mass is 384 g/mol. The lowest BCUT2D eigenvalue weighted by Gasteiger charge is -2.11. The fourth-order valence-corrected chi connectivity index (χ4v) is 2.88. The number of carbonyl (C=O) groups excluding carboxylic acids is 1. The molecule has 0 radical (unpaired) electrons. The number of hydrogen-bond acceptors (Lipinski definition) is 6. The molecule has 4 rings (SSSR count). The van der Waals surface area contributed by atoms with Gasteiger partial charge in [0, 0.05) is 23.3 Å². The molecule has 144 valence electrons. The highest BCUT2D eigenvalue weighted by Gasteiger charge is 2.10. The van der Waals surface area contributed by atoms with Crippen molar-refractivity contribution in [2.45, 2.75) is 19.8 Å². The van der Waals surface area contributed by atoms with Crippen LogP contribution in [0.3, 0.4) is 0 Å². The number of carbonyl (C=O) groups is 1. The van der Waals surface area contributed by atoms with E-state index in [1.54, 1.807) is 24.4 Å². The van der Waals surface area contributed by atoms with Crippen molar-refractivity contribution >= 4 is 34.1 Å². The van der Waals surface area contributed by atoms with Gasteiger partial charge in [-0.05, 0) is 48.4 Å². The van der Waals surface area contributed by atoms with Gasteiger partial charge in [0.05, 0.1) is 5.39 Å². The van der Waals surface area contributed by atoms with Crippen molar-refractivity contribution in [2.24, 2.45) is 0 Å². The summed E-state index contributed by atoms with van der Waals surface area (Å²) in [5.74, 6) is 0.719. The van der Waals surface area contributed by atoms with E-state index in [1.807, 2.05) is 36.4 Å². The predicted molar refractivity (Wildman–Crippen MR) is 113 cm³/mol. The van der Waals surface area contributed by atoms with Crippen LogP contribution in [0.2, 0.25) is 0 Å². The van der Waals surface area contributed by atoms with Crippen LogP contribution in [-0.2, 0) is 0 Å². The Morgan fingerprint density at radius 3 is 2.59 bits per heavy atom. The Balaban J connectivity index is 1.57. The number of hydrogen-bond donors (Lipinski definition) is 2. The zero-order chi connectivity index (χ0) is 20.2. The quantitative estimate of drug-likeness (QED) is 0.525. The van der Waals surface area contributed by atoms with Gasteiger partial charge in [-0.1, -0.05) is 26.0 Å². The predicted octanol–water partition coefficient (Wildman–Crippen LogP) is 4.54. The number of anilines is 3. The van der Waals surface area contributed by atoms with Gasteiger partial charge in [0.2, 0.25) is 0 Å². The first-order chi connectivity index (χ1) is 14.1. The van der Waals surface area contributed by atoms with E-state index in [1.165, 1.54) is 6.33 Å². The fourth-order valence-electron chi connectivity index (χ4n) is 2.88. The average molecular weight is 384 g/mol. The van der Waals surface area contributed by atoms with Crippen LogP contribution in [0.4, 0.5) is 17.2 Å². The van der Waals surface area contributed by atoms with Gasteiger partial charge in [-0.15, -0.1) is 0 Å². The molecule has 7 heteroatoms. The van der Waals surface area contributed by atoms with Crippen LogP contribution < -0.4 is 10.6 Å². The van der Waals surface area contributed by atoms with Crippen LogP contribution in [0.5, 0.6) is 0 Å². The van der Waals surface area contributed by atoms with Gasteiger partial charge in [-0.2, -0.15) is 0 Å². The smallest absolute Gasteiger partial charge is 0.274 e. The molecule has 3 aromatic heterocycles. The molecule has 1 amide bonds. The highest BCUT2D eigenvalue weighted by Crippen LogP contribution is 2.25. The molecule has 0 aliphatic heterocycles. The van der Waals surface area contributed by atoms with E-state index in [-0.39, 0.29) is 5.91 Å². The molecule has 7 nitrogen and oxygen atoms in total. The molecule has 0 aliphatic rings. The Labute approximate surface area is 168 Å². The zero-order valence-corrected chi connectivity index (χ0v) is 16.1. The van der Waals surface area contributed by atoms with Crippen molar-refractivity contribution in [3.63, 3.8) is 0 Å². The molecule has 0 fully saturated rings. The second-order valence-corrected chi connectivity index (χ2v) is 6.86. The summed E-state index contributed by atoms with van der Waals surface area (Å²) >= 11 is 0. The highest BCUT2D eigenvalue weighted by molar-refractivity contribution is 6.03. The van der Waals surface area contributed by atoms with E-state index in [9.17, 15) is 4.79 Å². The van der Waals surface area contributed by atoms with Crippen LogP contribution in [-0.4, -0.2) is 25.8 Å². The van der Waals surface area contributed by atoms with Crippen molar-refractivity contribution in [3.8, 4) is 0 Å². The Kier molecular flexibility index (Phi) is 5.11. The number of amides is 1. The van der Waals surface area contributed by atoms with E-state index in [0.29, 0.717) is 28.8 Å². The van der Waals surface area contributed by atoms with Gasteiger partial charge in [0.25, 0.3) is 5.91 Å². The maximum absolute atomic E-state index is 12.3. The van der Waals surface area contributed by atoms with E-state index in [2.05, 4.69) is 44.4 Å². The van der Waals surface area contributed by atoms with Crippen LogP contribution in [0.25, 0.3) is 11.0 Å². The molecule has 0 bridgehead atoms. The molecule has 0 unspecified atom stereocenters. The molecule has 1 aromatic carbocycles. The second-order valence-electron chi connectivity index (χ2n) is 6.86. The molecule has 29 heavy (non-hydrogen) atoms. The summed E-state index contributed by atoms with van der Waals surface area (Å²) in [6, 6.07) is 16.6. The van der Waals surface area contributed by atoms with Gasteiger partial charge in [-0.3, -0.25) is 9.78 Å². The summed E-state index contributed by atoms with van der Waals surface area (Å²) in [6.07, 6.45) is 3.08. The largest absolute Gasteiger partial charge is 0.340 e. The Hall–Kier alpha value is -3.87. The third-order valence-corrected chi connectivity index (χ3v) is 4.39. The minimum atomic E-state index is -0.263. The Bertz CT molecular complexity index is 1160. The zero-order valence-electron chi connectivity index (χ0n) is 16.1. The maximum atomic E-state index is 12.3. The summed E-state index contributed by atoms with van der Waals surface area (Å²) in [7, 11) is 0. The lowest BCUT2D eigenvalue weighted by atomic mass is 10.1. The molecular formula is C22H20N6O. The van der Waals surface area contributed by atoms with Gasteiger partial charge in [-0.25, -0.2) is 15.0 Å². The third kappa shape index (κ3) is 4.19. The first kappa shape index (κ1) is 18.5. The maximum Gasteiger partial charge on any atom is 0.274 e. The number of fused-ring (bicyclic) bond motifs is 1. The number of aromatic nitrogens is 4. The number of rotatable bonds is 5. The summed E-state index contributed by atoms with van der Waals surface area (Å²) < 4.78 is 0. The van der Waals surface area contributed by atoms with Crippen LogP contribution in [0.15, 0.2) is 67.1 Å². The van der Waals surface area contributed by atoms with Gasteiger partial charge in [0.15, 0.2) is 5.65 Å². The normalized spacial score (nSPS) is 10.9. The van der Waals surface area contributed by atoms with E-state index >= 15 is 0 Å². The van der Waals surface area contributed by atoms with Crippen LogP contribution in [0.1, 0.15) is 35.9 Å². The van der Waals surface area contributed by atoms with Crippen molar-refractivity contribution in [1.82, 2.24) is 19.9 Å². The molecule has 2 N–H and O–H groups in total. The summed E-state index contributed by atoms with van der Waals surface area (Å²) in [4.78, 5) is 29.6. The van der Waals surface area contributed by atoms with Crippen LogP contribution in [0, 0.1) is 0 Å². The van der Waals surface area contributed by atoms with Crippen molar-refractivity contribution in [1.29, 1.82) is 0 Å². The average Bonchev–Trinajstić information content (AvgIpc) is 2.74. The second kappa shape index (κ2) is 8.02. The molecule has 0 aliphatic carbocycles. The van der Waals surface area contributed by atoms with Crippen molar-refractivity contribution < 1.29 is 4.79 Å². The molecule has 4 aromatic rings. The lowest BCUT2D eigenvalue weighted by molar-refractivity contribution is 0.102. The summed E-state index contributed by atoms with van der Waals surface area (Å²) in [5, 5.41) is 6.98. The number of nitrogens with one attached hydrogen (secondary N) is 2. The van der Waals surface area contributed by atoms with E-state index in [4.69, 9.17) is 0 Å².